The van der Waals surface area contributed by atoms with Crippen molar-refractivity contribution in [3.05, 3.63) is 100 Å². The molecule has 0 amide bonds. The van der Waals surface area contributed by atoms with Crippen LogP contribution >= 0.6 is 15.9 Å². The molecule has 140 valence electrons. The summed E-state index contributed by atoms with van der Waals surface area (Å²) in [4.78, 5) is 24.6. The van der Waals surface area contributed by atoms with Crippen molar-refractivity contribution in [3.63, 3.8) is 0 Å². The highest BCUT2D eigenvalue weighted by atomic mass is 79.9. The summed E-state index contributed by atoms with van der Waals surface area (Å²) in [5.74, 6) is 0.113. The van der Waals surface area contributed by atoms with Gasteiger partial charge in [0.05, 0.1) is 12.7 Å². The van der Waals surface area contributed by atoms with Crippen LogP contribution in [-0.4, -0.2) is 18.9 Å². The van der Waals surface area contributed by atoms with Crippen LogP contribution in [0, 0.1) is 0 Å². The lowest BCUT2D eigenvalue weighted by Gasteiger charge is -2.10. The third-order valence-electron chi connectivity index (χ3n) is 3.97. The fraction of sp³-hybridized carbons (Fsp3) is 0.0435. The highest BCUT2D eigenvalue weighted by molar-refractivity contribution is 9.10. The number of methoxy groups -OCH3 is 1. The van der Waals surface area contributed by atoms with Crippen molar-refractivity contribution in [1.29, 1.82) is 0 Å². The molecule has 0 heterocycles. The summed E-state index contributed by atoms with van der Waals surface area (Å²) in [6.07, 6.45) is 3.19. The van der Waals surface area contributed by atoms with E-state index >= 15 is 0 Å². The minimum absolute atomic E-state index is 0.0935. The average molecular weight is 437 g/mol. The predicted octanol–water partition coefficient (Wildman–Crippen LogP) is 5.57. The van der Waals surface area contributed by atoms with Crippen LogP contribution in [0.5, 0.6) is 11.5 Å². The molecular weight excluding hydrogens is 420 g/mol. The van der Waals surface area contributed by atoms with Gasteiger partial charge < -0.3 is 9.47 Å². The fourth-order valence-corrected chi connectivity index (χ4v) is 2.97. The van der Waals surface area contributed by atoms with Crippen LogP contribution < -0.4 is 9.47 Å². The van der Waals surface area contributed by atoms with E-state index in [2.05, 4.69) is 15.9 Å². The smallest absolute Gasteiger partial charge is 0.344 e. The first kappa shape index (κ1) is 19.6. The molecule has 0 aliphatic rings. The Bertz CT molecular complexity index is 1030. The van der Waals surface area contributed by atoms with Gasteiger partial charge in [0.1, 0.15) is 0 Å². The molecule has 0 atom stereocenters. The Morgan fingerprint density at radius 2 is 1.61 bits per heavy atom. The second kappa shape index (κ2) is 9.15. The van der Waals surface area contributed by atoms with Gasteiger partial charge in [-0.05, 0) is 51.8 Å². The standard InChI is InChI=1S/C23H17BrO4/c1-27-22-15-16(11-13-20(25)17-7-3-2-4-8-17)12-14-21(22)28-23(26)18-9-5-6-10-19(18)24/h2-15H,1H3. The third-order valence-corrected chi connectivity index (χ3v) is 4.66. The summed E-state index contributed by atoms with van der Waals surface area (Å²) in [6.45, 7) is 0. The Kier molecular flexibility index (Phi) is 6.40. The average Bonchev–Trinajstić information content (AvgIpc) is 2.73. The maximum Gasteiger partial charge on any atom is 0.344 e. The van der Waals surface area contributed by atoms with Gasteiger partial charge in [-0.1, -0.05) is 54.6 Å². The van der Waals surface area contributed by atoms with Crippen molar-refractivity contribution < 1.29 is 19.1 Å². The molecule has 3 rings (SSSR count). The van der Waals surface area contributed by atoms with Gasteiger partial charge in [-0.15, -0.1) is 0 Å². The number of rotatable bonds is 6. The SMILES string of the molecule is COc1cc(C=CC(=O)c2ccccc2)ccc1OC(=O)c1ccccc1Br. The molecule has 0 bridgehead atoms. The monoisotopic (exact) mass is 436 g/mol. The number of benzene rings is 3. The molecule has 0 fully saturated rings. The Morgan fingerprint density at radius 3 is 2.32 bits per heavy atom. The molecule has 0 aliphatic heterocycles. The lowest BCUT2D eigenvalue weighted by atomic mass is 10.1. The van der Waals surface area contributed by atoms with Crippen molar-refractivity contribution in [2.75, 3.05) is 7.11 Å². The Balaban J connectivity index is 1.77. The number of allylic oxidation sites excluding steroid dienone is 1. The van der Waals surface area contributed by atoms with Crippen LogP contribution in [0.2, 0.25) is 0 Å². The quantitative estimate of drug-likeness (QED) is 0.219. The van der Waals surface area contributed by atoms with E-state index in [0.717, 1.165) is 5.56 Å². The number of carbonyl (C=O) groups is 2. The van der Waals surface area contributed by atoms with Crippen LogP contribution in [0.1, 0.15) is 26.3 Å². The minimum atomic E-state index is -0.492. The topological polar surface area (TPSA) is 52.6 Å². The van der Waals surface area contributed by atoms with Crippen molar-refractivity contribution >= 4 is 33.8 Å². The molecule has 0 saturated carbocycles. The number of ketones is 1. The second-order valence-corrected chi connectivity index (χ2v) is 6.70. The molecule has 0 aliphatic carbocycles. The van der Waals surface area contributed by atoms with Crippen LogP contribution in [-0.2, 0) is 0 Å². The van der Waals surface area contributed by atoms with Gasteiger partial charge in [0, 0.05) is 10.0 Å². The molecule has 3 aromatic carbocycles. The van der Waals surface area contributed by atoms with E-state index in [1.54, 1.807) is 54.6 Å². The van der Waals surface area contributed by atoms with Crippen molar-refractivity contribution in [1.82, 2.24) is 0 Å². The summed E-state index contributed by atoms with van der Waals surface area (Å²) in [6, 6.07) is 21.1. The zero-order valence-electron chi connectivity index (χ0n) is 15.1. The third kappa shape index (κ3) is 4.75. The largest absolute Gasteiger partial charge is 0.493 e. The van der Waals surface area contributed by atoms with E-state index in [0.29, 0.717) is 27.1 Å². The molecule has 0 N–H and O–H groups in total. The first-order valence-electron chi connectivity index (χ1n) is 8.50. The van der Waals surface area contributed by atoms with Crippen LogP contribution in [0.3, 0.4) is 0 Å². The van der Waals surface area contributed by atoms with Crippen molar-refractivity contribution in [2.24, 2.45) is 0 Å². The fourth-order valence-electron chi connectivity index (χ4n) is 2.52. The highest BCUT2D eigenvalue weighted by Crippen LogP contribution is 2.30. The normalized spacial score (nSPS) is 10.6. The molecule has 0 spiro atoms. The highest BCUT2D eigenvalue weighted by Gasteiger charge is 2.15. The van der Waals surface area contributed by atoms with Crippen LogP contribution in [0.15, 0.2) is 83.3 Å². The zero-order chi connectivity index (χ0) is 19.9. The summed E-state index contributed by atoms with van der Waals surface area (Å²) < 4.78 is 11.5. The first-order chi connectivity index (χ1) is 13.6. The Morgan fingerprint density at radius 1 is 0.893 bits per heavy atom. The van der Waals surface area contributed by atoms with Gasteiger partial charge in [-0.3, -0.25) is 4.79 Å². The molecule has 4 nitrogen and oxygen atoms in total. The lowest BCUT2D eigenvalue weighted by Crippen LogP contribution is -2.10. The van der Waals surface area contributed by atoms with Gasteiger partial charge in [0.15, 0.2) is 17.3 Å². The van der Waals surface area contributed by atoms with E-state index < -0.39 is 5.97 Å². The number of halogens is 1. The Hall–Kier alpha value is -3.18. The molecule has 0 unspecified atom stereocenters. The van der Waals surface area contributed by atoms with Gasteiger partial charge in [0.25, 0.3) is 0 Å². The van der Waals surface area contributed by atoms with E-state index in [1.807, 2.05) is 24.3 Å². The number of carbonyl (C=O) groups excluding carboxylic acids is 2. The van der Waals surface area contributed by atoms with Crippen LogP contribution in [0.25, 0.3) is 6.08 Å². The summed E-state index contributed by atoms with van der Waals surface area (Å²) in [7, 11) is 1.49. The molecule has 3 aromatic rings. The Labute approximate surface area is 171 Å². The van der Waals surface area contributed by atoms with Gasteiger partial charge >= 0.3 is 5.97 Å². The molecular formula is C23H17BrO4. The number of hydrogen-bond acceptors (Lipinski definition) is 4. The van der Waals surface area contributed by atoms with Gasteiger partial charge in [-0.2, -0.15) is 0 Å². The maximum absolute atomic E-state index is 12.4. The van der Waals surface area contributed by atoms with E-state index in [1.165, 1.54) is 13.2 Å². The van der Waals surface area contributed by atoms with Crippen LogP contribution in [0.4, 0.5) is 0 Å². The maximum atomic E-state index is 12.4. The van der Waals surface area contributed by atoms with Crippen molar-refractivity contribution in [2.45, 2.75) is 0 Å². The summed E-state index contributed by atoms with van der Waals surface area (Å²) >= 11 is 3.34. The molecule has 28 heavy (non-hydrogen) atoms. The lowest BCUT2D eigenvalue weighted by molar-refractivity contribution is 0.0728. The second-order valence-electron chi connectivity index (χ2n) is 5.84. The summed E-state index contributed by atoms with van der Waals surface area (Å²) in [5.41, 5.74) is 1.79. The summed E-state index contributed by atoms with van der Waals surface area (Å²) in [5, 5.41) is 0. The number of esters is 1. The van der Waals surface area contributed by atoms with Gasteiger partial charge in [-0.25, -0.2) is 4.79 Å². The van der Waals surface area contributed by atoms with Gasteiger partial charge in [0.2, 0.25) is 0 Å². The molecule has 0 radical (unpaired) electrons. The van der Waals surface area contributed by atoms with E-state index in [9.17, 15) is 9.59 Å². The van der Waals surface area contributed by atoms with Crippen molar-refractivity contribution in [3.8, 4) is 11.5 Å². The number of hydrogen-bond donors (Lipinski definition) is 0. The first-order valence-corrected chi connectivity index (χ1v) is 9.30. The zero-order valence-corrected chi connectivity index (χ0v) is 16.7. The van der Waals surface area contributed by atoms with E-state index in [4.69, 9.17) is 9.47 Å². The molecule has 0 aromatic heterocycles. The molecule has 5 heteroatoms. The molecule has 0 saturated heterocycles. The predicted molar refractivity (Wildman–Crippen MR) is 112 cm³/mol. The minimum Gasteiger partial charge on any atom is -0.493 e. The number of ether oxygens (including phenoxy) is 2. The van der Waals surface area contributed by atoms with E-state index in [-0.39, 0.29) is 5.78 Å².